The van der Waals surface area contributed by atoms with Crippen LogP contribution in [0.15, 0.2) is 67.1 Å². The molecule has 0 fully saturated rings. The second kappa shape index (κ2) is 8.36. The van der Waals surface area contributed by atoms with Gasteiger partial charge in [-0.05, 0) is 23.8 Å². The lowest BCUT2D eigenvalue weighted by atomic mass is 10.0. The van der Waals surface area contributed by atoms with Crippen molar-refractivity contribution in [1.82, 2.24) is 24.3 Å². The minimum Gasteiger partial charge on any atom is -0.495 e. The summed E-state index contributed by atoms with van der Waals surface area (Å²) in [5, 5.41) is 8.19. The number of benzene rings is 2. The Morgan fingerprint density at radius 1 is 1.03 bits per heavy atom. The third kappa shape index (κ3) is 3.62. The number of hydrogen-bond donors (Lipinski definition) is 2. The Kier molecular flexibility index (Phi) is 5.21. The summed E-state index contributed by atoms with van der Waals surface area (Å²) in [5.74, 6) is 0.636. The molecule has 0 aliphatic carbocycles. The number of anilines is 2. The molecular formula is C25H23N7O2. The van der Waals surface area contributed by atoms with Crippen molar-refractivity contribution < 1.29 is 9.53 Å². The van der Waals surface area contributed by atoms with E-state index in [0.717, 1.165) is 33.4 Å². The first-order valence-electron chi connectivity index (χ1n) is 10.6. The maximum absolute atomic E-state index is 13.1. The average Bonchev–Trinajstić information content (AvgIpc) is 3.41. The molecule has 9 nitrogen and oxygen atoms in total. The van der Waals surface area contributed by atoms with Crippen molar-refractivity contribution in [3.8, 4) is 28.1 Å². The van der Waals surface area contributed by atoms with Crippen LogP contribution in [0.5, 0.6) is 5.75 Å². The van der Waals surface area contributed by atoms with Gasteiger partial charge in [0.15, 0.2) is 0 Å². The smallest absolute Gasteiger partial charge is 0.274 e. The number of rotatable bonds is 5. The first kappa shape index (κ1) is 21.2. The van der Waals surface area contributed by atoms with E-state index in [-0.39, 0.29) is 5.91 Å². The van der Waals surface area contributed by atoms with E-state index in [1.165, 1.54) is 6.33 Å². The predicted octanol–water partition coefficient (Wildman–Crippen LogP) is 3.88. The first-order chi connectivity index (χ1) is 16.5. The van der Waals surface area contributed by atoms with E-state index in [0.29, 0.717) is 22.9 Å². The van der Waals surface area contributed by atoms with Gasteiger partial charge in [-0.1, -0.05) is 36.4 Å². The van der Waals surface area contributed by atoms with Crippen LogP contribution in [0.3, 0.4) is 0 Å². The van der Waals surface area contributed by atoms with Crippen molar-refractivity contribution in [1.29, 1.82) is 0 Å². The Hall–Kier alpha value is -4.66. The zero-order chi connectivity index (χ0) is 23.8. The number of hydrogen-bond acceptors (Lipinski definition) is 6. The first-order valence-corrected chi connectivity index (χ1v) is 10.6. The zero-order valence-corrected chi connectivity index (χ0v) is 19.0. The highest BCUT2D eigenvalue weighted by Gasteiger charge is 2.18. The molecule has 34 heavy (non-hydrogen) atoms. The third-order valence-corrected chi connectivity index (χ3v) is 5.73. The van der Waals surface area contributed by atoms with E-state index in [1.54, 1.807) is 31.0 Å². The molecule has 3 N–H and O–H groups in total. The second-order valence-electron chi connectivity index (χ2n) is 7.88. The quantitative estimate of drug-likeness (QED) is 0.418. The molecule has 5 aromatic rings. The standard InChI is InChI=1S/C25H23N7O2/c1-31-13-17(22-23(26)27-14-28-24(22)31)16-9-10-18(21(11-16)34-3)29-25(33)20-12-19(30-32(20)2)15-7-5-4-6-8-15/h4-14H,1-3H3,(H,29,33)(H2,26,27,28). The molecule has 3 aromatic heterocycles. The van der Waals surface area contributed by atoms with Gasteiger partial charge in [0.05, 0.1) is 23.9 Å². The molecule has 0 saturated carbocycles. The number of nitrogen functional groups attached to an aromatic ring is 1. The molecule has 0 aliphatic rings. The van der Waals surface area contributed by atoms with E-state index in [9.17, 15) is 4.79 Å². The number of carbonyl (C=O) groups is 1. The average molecular weight is 454 g/mol. The zero-order valence-electron chi connectivity index (χ0n) is 19.0. The van der Waals surface area contributed by atoms with Crippen LogP contribution in [-0.4, -0.2) is 37.3 Å². The van der Waals surface area contributed by atoms with Crippen LogP contribution in [0.25, 0.3) is 33.4 Å². The van der Waals surface area contributed by atoms with Gasteiger partial charge in [-0.2, -0.15) is 5.10 Å². The Morgan fingerprint density at radius 2 is 1.82 bits per heavy atom. The number of aromatic nitrogens is 5. The molecule has 170 valence electrons. The van der Waals surface area contributed by atoms with Crippen LogP contribution in [0.4, 0.5) is 11.5 Å². The minimum absolute atomic E-state index is 0.286. The van der Waals surface area contributed by atoms with Gasteiger partial charge in [0, 0.05) is 31.4 Å². The fourth-order valence-electron chi connectivity index (χ4n) is 4.03. The Balaban J connectivity index is 1.47. The molecule has 0 spiro atoms. The number of aryl methyl sites for hydroxylation is 2. The van der Waals surface area contributed by atoms with Gasteiger partial charge >= 0.3 is 0 Å². The van der Waals surface area contributed by atoms with Crippen LogP contribution in [0.1, 0.15) is 10.5 Å². The number of carbonyl (C=O) groups excluding carboxylic acids is 1. The van der Waals surface area contributed by atoms with Gasteiger partial charge in [0.2, 0.25) is 0 Å². The minimum atomic E-state index is -0.286. The Labute approximate surface area is 195 Å². The van der Waals surface area contributed by atoms with Crippen molar-refractivity contribution in [2.75, 3.05) is 18.2 Å². The maximum Gasteiger partial charge on any atom is 0.274 e. The fraction of sp³-hybridized carbons (Fsp3) is 0.120. The lowest BCUT2D eigenvalue weighted by Crippen LogP contribution is -2.16. The number of nitrogens with one attached hydrogen (secondary N) is 1. The summed E-state index contributed by atoms with van der Waals surface area (Å²) in [6, 6.07) is 17.1. The maximum atomic E-state index is 13.1. The summed E-state index contributed by atoms with van der Waals surface area (Å²) in [4.78, 5) is 21.5. The predicted molar refractivity (Wildman–Crippen MR) is 132 cm³/mol. The highest BCUT2D eigenvalue weighted by atomic mass is 16.5. The van der Waals surface area contributed by atoms with Crippen molar-refractivity contribution in [3.05, 3.63) is 72.8 Å². The normalized spacial score (nSPS) is 11.0. The van der Waals surface area contributed by atoms with Crippen molar-refractivity contribution >= 4 is 28.4 Å². The summed E-state index contributed by atoms with van der Waals surface area (Å²) in [5.41, 5.74) is 11.3. The van der Waals surface area contributed by atoms with Gasteiger partial charge in [-0.15, -0.1) is 0 Å². The van der Waals surface area contributed by atoms with Gasteiger partial charge in [-0.25, -0.2) is 9.97 Å². The number of methoxy groups -OCH3 is 1. The van der Waals surface area contributed by atoms with E-state index in [2.05, 4.69) is 20.4 Å². The van der Waals surface area contributed by atoms with Gasteiger partial charge < -0.3 is 20.4 Å². The summed E-state index contributed by atoms with van der Waals surface area (Å²) in [6.07, 6.45) is 3.39. The molecule has 0 radical (unpaired) electrons. The van der Waals surface area contributed by atoms with Crippen molar-refractivity contribution in [2.24, 2.45) is 14.1 Å². The van der Waals surface area contributed by atoms with E-state index in [4.69, 9.17) is 10.5 Å². The highest BCUT2D eigenvalue weighted by Crippen LogP contribution is 2.36. The number of amides is 1. The Morgan fingerprint density at radius 3 is 2.59 bits per heavy atom. The molecule has 0 unspecified atom stereocenters. The largest absolute Gasteiger partial charge is 0.495 e. The highest BCUT2D eigenvalue weighted by molar-refractivity contribution is 6.05. The summed E-state index contributed by atoms with van der Waals surface area (Å²) >= 11 is 0. The summed E-state index contributed by atoms with van der Waals surface area (Å²) in [6.45, 7) is 0. The lowest BCUT2D eigenvalue weighted by Gasteiger charge is -2.12. The molecule has 0 saturated heterocycles. The van der Waals surface area contributed by atoms with E-state index in [1.807, 2.05) is 60.3 Å². The number of fused-ring (bicyclic) bond motifs is 1. The van der Waals surface area contributed by atoms with E-state index < -0.39 is 0 Å². The number of ether oxygens (including phenoxy) is 1. The summed E-state index contributed by atoms with van der Waals surface area (Å²) < 4.78 is 9.06. The lowest BCUT2D eigenvalue weighted by molar-refractivity contribution is 0.101. The van der Waals surface area contributed by atoms with Gasteiger partial charge in [-0.3, -0.25) is 9.48 Å². The van der Waals surface area contributed by atoms with Crippen LogP contribution >= 0.6 is 0 Å². The molecule has 0 atom stereocenters. The van der Waals surface area contributed by atoms with E-state index >= 15 is 0 Å². The molecule has 1 amide bonds. The van der Waals surface area contributed by atoms with Crippen molar-refractivity contribution in [2.45, 2.75) is 0 Å². The second-order valence-corrected chi connectivity index (χ2v) is 7.88. The Bertz CT molecular complexity index is 1520. The molecule has 0 bridgehead atoms. The van der Waals surface area contributed by atoms with Crippen molar-refractivity contribution in [3.63, 3.8) is 0 Å². The van der Waals surface area contributed by atoms with Crippen LogP contribution < -0.4 is 15.8 Å². The third-order valence-electron chi connectivity index (χ3n) is 5.73. The summed E-state index contributed by atoms with van der Waals surface area (Å²) in [7, 11) is 5.21. The number of nitrogens with two attached hydrogens (primary N) is 1. The van der Waals surface area contributed by atoms with Gasteiger partial charge in [0.25, 0.3) is 5.91 Å². The van der Waals surface area contributed by atoms with Crippen LogP contribution in [0, 0.1) is 0 Å². The molecule has 5 rings (SSSR count). The molecule has 9 heteroatoms. The molecule has 3 heterocycles. The monoisotopic (exact) mass is 453 g/mol. The van der Waals surface area contributed by atoms with Crippen LogP contribution in [0.2, 0.25) is 0 Å². The topological polar surface area (TPSA) is 113 Å². The van der Waals surface area contributed by atoms with Gasteiger partial charge in [0.1, 0.15) is 29.2 Å². The fourth-order valence-corrected chi connectivity index (χ4v) is 4.03. The van der Waals surface area contributed by atoms with Crippen LogP contribution in [-0.2, 0) is 14.1 Å². The molecular weight excluding hydrogens is 430 g/mol. The molecule has 0 aliphatic heterocycles. The SMILES string of the molecule is COc1cc(-c2cn(C)c3ncnc(N)c23)ccc1NC(=O)c1cc(-c2ccccc2)nn1C. The molecule has 2 aromatic carbocycles. The number of nitrogens with zero attached hydrogens (tertiary/aromatic N) is 5.